The van der Waals surface area contributed by atoms with Crippen LogP contribution in [0.25, 0.3) is 11.4 Å². The van der Waals surface area contributed by atoms with Crippen molar-refractivity contribution in [3.05, 3.63) is 54.4 Å². The number of esters is 1. The number of pyridine rings is 1. The number of nitrogens with zero attached hydrogens (tertiary/aromatic N) is 2. The SMILES string of the molecule is C=C1CO[C@]2(C)[C@@H](CC)OC(=O)C(C)(F)C(=O)[C@H](C)[C@@H](O[C@@H]3O[C@H](C)C[C@H](N(C)C)[C@H]3O)[C@](C)(OCC#Cc3ccc(-c4ccccn4)[nH]3)CC(C)C(=O)C(C)[C@H]12. The summed E-state index contributed by atoms with van der Waals surface area (Å²) in [5.74, 6) is 0.162. The Morgan fingerprint density at radius 1 is 1.09 bits per heavy atom. The lowest BCUT2D eigenvalue weighted by Crippen LogP contribution is -2.61. The molecule has 2 N–H and O–H groups in total. The summed E-state index contributed by atoms with van der Waals surface area (Å²) in [6.07, 6.45) is -2.70. The number of cyclic esters (lactones) is 1. The van der Waals surface area contributed by atoms with Crippen LogP contribution in [-0.4, -0.2) is 118 Å². The van der Waals surface area contributed by atoms with Crippen LogP contribution in [0, 0.1) is 35.5 Å². The Balaban J connectivity index is 1.58. The Hall–Kier alpha value is -3.77. The first-order chi connectivity index (χ1) is 26.7. The van der Waals surface area contributed by atoms with Gasteiger partial charge in [0.15, 0.2) is 12.1 Å². The van der Waals surface area contributed by atoms with E-state index in [1.807, 2.05) is 56.3 Å². The zero-order valence-electron chi connectivity index (χ0n) is 35.0. The molecule has 312 valence electrons. The summed E-state index contributed by atoms with van der Waals surface area (Å²) in [6, 6.07) is 8.91. The molecule has 5 heterocycles. The summed E-state index contributed by atoms with van der Waals surface area (Å²) in [4.78, 5) is 52.3. The maximum absolute atomic E-state index is 16.9. The lowest BCUT2D eigenvalue weighted by molar-refractivity contribution is -0.296. The molecule has 3 aliphatic rings. The molecule has 0 aliphatic carbocycles. The molecule has 0 bridgehead atoms. The molecular weight excluding hydrogens is 733 g/mol. The number of ketones is 2. The number of fused-ring (bicyclic) bond motifs is 1. The van der Waals surface area contributed by atoms with Gasteiger partial charge < -0.3 is 38.7 Å². The van der Waals surface area contributed by atoms with E-state index in [4.69, 9.17) is 23.7 Å². The summed E-state index contributed by atoms with van der Waals surface area (Å²) >= 11 is 0. The molecule has 12 nitrogen and oxygen atoms in total. The normalized spacial score (nSPS) is 38.3. The van der Waals surface area contributed by atoms with Crippen molar-refractivity contribution in [3.8, 4) is 23.2 Å². The number of hydrogen-bond acceptors (Lipinski definition) is 11. The number of hydrogen-bond donors (Lipinski definition) is 2. The van der Waals surface area contributed by atoms with Gasteiger partial charge in [0.25, 0.3) is 5.67 Å². The number of aromatic amines is 1. The van der Waals surface area contributed by atoms with E-state index in [-0.39, 0.29) is 44.0 Å². The summed E-state index contributed by atoms with van der Waals surface area (Å²) in [6.45, 7) is 17.1. The Bertz CT molecular complexity index is 1840. The second kappa shape index (κ2) is 17.6. The van der Waals surface area contributed by atoms with Gasteiger partial charge in [-0.05, 0) is 96.8 Å². The van der Waals surface area contributed by atoms with Crippen molar-refractivity contribution in [2.45, 2.75) is 128 Å². The molecule has 5 rings (SSSR count). The molecule has 2 aromatic rings. The number of halogens is 1. The first-order valence-electron chi connectivity index (χ1n) is 19.9. The third-order valence-electron chi connectivity index (χ3n) is 12.2. The van der Waals surface area contributed by atoms with Gasteiger partial charge in [0.05, 0.1) is 41.5 Å². The number of ether oxygens (including phenoxy) is 5. The lowest BCUT2D eigenvalue weighted by Gasteiger charge is -2.47. The lowest BCUT2D eigenvalue weighted by atomic mass is 9.69. The fourth-order valence-corrected chi connectivity index (χ4v) is 9.13. The standard InChI is InChI=1S/C44H60FN3O9/c1-12-34-44(9)35(26(3)24-54-44)28(5)36(49)25(2)23-42(7,53-21-15-16-30-18-19-32(47-30)31-17-13-14-20-46-31)39(29(6)38(51)43(8,45)41(52)56-34)57-40-37(50)33(48(10)11)22-27(4)55-40/h13-14,17-20,25,27-29,33-35,37,39-40,47,50H,3,12,21-24H2,1-2,4-11H3/t25?,27-,28?,29+,33+,34-,35+,37-,39-,40+,42-,43?,44-/m1/s1. The summed E-state index contributed by atoms with van der Waals surface area (Å²) in [5, 5.41) is 11.6. The molecule has 3 fully saturated rings. The molecular formula is C44H60FN3O9. The van der Waals surface area contributed by atoms with E-state index in [1.54, 1.807) is 40.8 Å². The minimum absolute atomic E-state index is 0.00334. The molecule has 13 heteroatoms. The molecule has 0 spiro atoms. The smallest absolute Gasteiger partial charge is 0.351 e. The number of aliphatic hydroxyl groups is 1. The Morgan fingerprint density at radius 2 is 1.81 bits per heavy atom. The van der Waals surface area contributed by atoms with Gasteiger partial charge in [-0.3, -0.25) is 14.6 Å². The van der Waals surface area contributed by atoms with E-state index in [1.165, 1.54) is 6.92 Å². The van der Waals surface area contributed by atoms with Crippen molar-refractivity contribution in [3.63, 3.8) is 0 Å². The van der Waals surface area contributed by atoms with Crippen molar-refractivity contribution < 1.29 is 47.6 Å². The summed E-state index contributed by atoms with van der Waals surface area (Å²) < 4.78 is 48.4. The van der Waals surface area contributed by atoms with Crippen molar-refractivity contribution in [1.82, 2.24) is 14.9 Å². The fourth-order valence-electron chi connectivity index (χ4n) is 9.13. The number of H-pyrrole nitrogens is 1. The van der Waals surface area contributed by atoms with E-state index in [0.717, 1.165) is 18.3 Å². The van der Waals surface area contributed by atoms with Crippen molar-refractivity contribution in [2.24, 2.45) is 23.7 Å². The van der Waals surface area contributed by atoms with Gasteiger partial charge in [-0.25, -0.2) is 9.18 Å². The predicted octanol–water partition coefficient (Wildman–Crippen LogP) is 5.48. The van der Waals surface area contributed by atoms with Gasteiger partial charge in [0.2, 0.25) is 0 Å². The van der Waals surface area contributed by atoms with Crippen LogP contribution in [0.2, 0.25) is 0 Å². The highest BCUT2D eigenvalue weighted by Gasteiger charge is 2.58. The number of likely N-dealkylation sites (N-methyl/N-ethyl adjacent to an activating group) is 1. The quantitative estimate of drug-likeness (QED) is 0.159. The number of alkyl halides is 1. The van der Waals surface area contributed by atoms with Gasteiger partial charge in [0.1, 0.15) is 30.2 Å². The Kier molecular flexibility index (Phi) is 13.7. The van der Waals surface area contributed by atoms with E-state index >= 15 is 4.39 Å². The summed E-state index contributed by atoms with van der Waals surface area (Å²) in [7, 11) is 3.67. The zero-order valence-corrected chi connectivity index (χ0v) is 35.0. The van der Waals surface area contributed by atoms with Crippen LogP contribution >= 0.6 is 0 Å². The molecule has 0 amide bonds. The van der Waals surface area contributed by atoms with E-state index in [0.29, 0.717) is 17.7 Å². The molecule has 3 aliphatic heterocycles. The third kappa shape index (κ3) is 9.12. The highest BCUT2D eigenvalue weighted by molar-refractivity contribution is 6.07. The molecule has 0 aromatic carbocycles. The number of carbonyl (C=O) groups excluding carboxylic acids is 3. The minimum atomic E-state index is -3.13. The van der Waals surface area contributed by atoms with Crippen LogP contribution in [-0.2, 0) is 38.1 Å². The maximum Gasteiger partial charge on any atom is 0.351 e. The van der Waals surface area contributed by atoms with Crippen LogP contribution in [0.15, 0.2) is 48.7 Å². The topological polar surface area (TPSA) is 150 Å². The van der Waals surface area contributed by atoms with Crippen LogP contribution in [0.1, 0.15) is 80.3 Å². The van der Waals surface area contributed by atoms with Crippen LogP contribution < -0.4 is 0 Å². The second-order valence-electron chi connectivity index (χ2n) is 16.9. The van der Waals surface area contributed by atoms with Crippen LogP contribution in [0.4, 0.5) is 4.39 Å². The van der Waals surface area contributed by atoms with E-state index in [9.17, 15) is 19.5 Å². The van der Waals surface area contributed by atoms with Gasteiger partial charge in [0, 0.05) is 35.9 Å². The number of rotatable bonds is 7. The average molecular weight is 794 g/mol. The zero-order chi connectivity index (χ0) is 42.0. The number of aromatic nitrogens is 2. The number of nitrogens with one attached hydrogen (secondary N) is 1. The van der Waals surface area contributed by atoms with Crippen molar-refractivity contribution in [1.29, 1.82) is 0 Å². The molecule has 13 atom stereocenters. The first-order valence-corrected chi connectivity index (χ1v) is 19.9. The van der Waals surface area contributed by atoms with Gasteiger partial charge in [-0.15, -0.1) is 0 Å². The van der Waals surface area contributed by atoms with E-state index < -0.39 is 76.9 Å². The third-order valence-corrected chi connectivity index (χ3v) is 12.2. The first kappa shape index (κ1) is 44.3. The highest BCUT2D eigenvalue weighted by atomic mass is 19.1. The number of aliphatic hydroxyl groups excluding tert-OH is 1. The van der Waals surface area contributed by atoms with E-state index in [2.05, 4.69) is 28.4 Å². The fraction of sp³-hybridized carbons (Fsp3) is 0.636. The Morgan fingerprint density at radius 3 is 2.46 bits per heavy atom. The average Bonchev–Trinajstić information content (AvgIpc) is 3.77. The minimum Gasteiger partial charge on any atom is -0.457 e. The molecule has 0 radical (unpaired) electrons. The van der Waals surface area contributed by atoms with Crippen molar-refractivity contribution in [2.75, 3.05) is 27.3 Å². The molecule has 57 heavy (non-hydrogen) atoms. The van der Waals surface area contributed by atoms with Crippen LogP contribution in [0.3, 0.4) is 0 Å². The molecule has 3 unspecified atom stereocenters. The Labute approximate surface area is 336 Å². The number of Topliss-reactive ketones (excluding diaryl/α,β-unsaturated/α-hetero) is 2. The second-order valence-corrected chi connectivity index (χ2v) is 16.9. The molecule has 3 saturated heterocycles. The molecule has 2 aromatic heterocycles. The van der Waals surface area contributed by atoms with Gasteiger partial charge in [-0.2, -0.15) is 0 Å². The summed E-state index contributed by atoms with van der Waals surface area (Å²) in [5.41, 5.74) is -3.09. The van der Waals surface area contributed by atoms with Gasteiger partial charge in [-0.1, -0.05) is 46.3 Å². The monoisotopic (exact) mass is 793 g/mol. The van der Waals surface area contributed by atoms with Crippen molar-refractivity contribution >= 4 is 17.5 Å². The predicted molar refractivity (Wildman–Crippen MR) is 211 cm³/mol. The van der Waals surface area contributed by atoms with Crippen LogP contribution in [0.5, 0.6) is 0 Å². The van der Waals surface area contributed by atoms with Gasteiger partial charge >= 0.3 is 5.97 Å². The number of carbonyl (C=O) groups is 3. The maximum atomic E-state index is 16.9. The molecule has 0 saturated carbocycles. The largest absolute Gasteiger partial charge is 0.457 e. The highest BCUT2D eigenvalue weighted by Crippen LogP contribution is 2.47.